The van der Waals surface area contributed by atoms with Gasteiger partial charge in [0.15, 0.2) is 5.82 Å². The molecule has 0 unspecified atom stereocenters. The normalized spacial score (nSPS) is 10.7. The molecule has 0 atom stereocenters. The molecule has 0 aromatic carbocycles. The van der Waals surface area contributed by atoms with Crippen LogP contribution in [0.25, 0.3) is 17.2 Å². The minimum atomic E-state index is -0.0857. The van der Waals surface area contributed by atoms with Crippen LogP contribution < -0.4 is 0 Å². The Bertz CT molecular complexity index is 1040. The fourth-order valence-corrected chi connectivity index (χ4v) is 3.38. The van der Waals surface area contributed by atoms with Gasteiger partial charge in [0, 0.05) is 55.9 Å². The average molecular weight is 421 g/mol. The van der Waals surface area contributed by atoms with Crippen LogP contribution >= 0.6 is 0 Å². The number of pyridine rings is 2. The number of hydrogen-bond donors (Lipinski definition) is 0. The molecule has 0 bridgehead atoms. The van der Waals surface area contributed by atoms with Crippen LogP contribution in [0.5, 0.6) is 0 Å². The molecular weight excluding hydrogens is 392 g/mol. The minimum Gasteiger partial charge on any atom is -0.339 e. The Morgan fingerprint density at radius 1 is 0.839 bits per heavy atom. The molecule has 0 aliphatic rings. The zero-order chi connectivity index (χ0) is 22.4. The van der Waals surface area contributed by atoms with Crippen LogP contribution in [-0.4, -0.2) is 67.5 Å². The van der Waals surface area contributed by atoms with E-state index in [1.807, 2.05) is 27.7 Å². The van der Waals surface area contributed by atoms with Gasteiger partial charge in [-0.1, -0.05) is 0 Å². The third kappa shape index (κ3) is 4.79. The first-order valence-corrected chi connectivity index (χ1v) is 10.6. The predicted molar refractivity (Wildman–Crippen MR) is 119 cm³/mol. The van der Waals surface area contributed by atoms with E-state index in [2.05, 4.69) is 15.1 Å². The molecule has 3 aromatic heterocycles. The minimum absolute atomic E-state index is 0.0590. The predicted octanol–water partition coefficient (Wildman–Crippen LogP) is 3.29. The SMILES string of the molecule is CCN(CC)C(=O)c1ccnc(-c2cc(C(=O)N(CC)CC)cc(-n3cccn3)n2)c1. The standard InChI is InChI=1S/C23H28N6O2/c1-5-27(6-2)22(30)17-10-12-24-19(14-17)20-15-18(23(31)28(7-3)8-4)16-21(26-20)29-13-9-11-25-29/h9-16H,5-8H2,1-4H3. The third-order valence-corrected chi connectivity index (χ3v) is 5.17. The summed E-state index contributed by atoms with van der Waals surface area (Å²) in [5, 5.41) is 4.25. The van der Waals surface area contributed by atoms with Crippen molar-refractivity contribution in [3.8, 4) is 17.2 Å². The van der Waals surface area contributed by atoms with Crippen molar-refractivity contribution in [2.45, 2.75) is 27.7 Å². The largest absolute Gasteiger partial charge is 0.339 e. The molecule has 31 heavy (non-hydrogen) atoms. The number of aromatic nitrogens is 4. The van der Waals surface area contributed by atoms with Crippen LogP contribution in [-0.2, 0) is 0 Å². The summed E-state index contributed by atoms with van der Waals surface area (Å²) in [6, 6.07) is 8.66. The maximum Gasteiger partial charge on any atom is 0.254 e. The Hall–Kier alpha value is -3.55. The lowest BCUT2D eigenvalue weighted by Crippen LogP contribution is -2.30. The molecule has 0 saturated heterocycles. The molecule has 0 aliphatic heterocycles. The van der Waals surface area contributed by atoms with Crippen molar-refractivity contribution in [1.29, 1.82) is 0 Å². The summed E-state index contributed by atoms with van der Waals surface area (Å²) in [7, 11) is 0. The van der Waals surface area contributed by atoms with E-state index in [1.54, 1.807) is 63.4 Å². The summed E-state index contributed by atoms with van der Waals surface area (Å²) >= 11 is 0. The molecule has 162 valence electrons. The van der Waals surface area contributed by atoms with Gasteiger partial charge in [-0.25, -0.2) is 9.67 Å². The van der Waals surface area contributed by atoms with Gasteiger partial charge in [0.05, 0.1) is 11.4 Å². The smallest absolute Gasteiger partial charge is 0.254 e. The second-order valence-electron chi connectivity index (χ2n) is 6.93. The van der Waals surface area contributed by atoms with E-state index in [0.717, 1.165) is 0 Å². The van der Waals surface area contributed by atoms with Crippen molar-refractivity contribution in [2.75, 3.05) is 26.2 Å². The van der Waals surface area contributed by atoms with Crippen molar-refractivity contribution < 1.29 is 9.59 Å². The van der Waals surface area contributed by atoms with Gasteiger partial charge in [-0.3, -0.25) is 14.6 Å². The number of carbonyl (C=O) groups is 2. The van der Waals surface area contributed by atoms with E-state index in [1.165, 1.54) is 0 Å². The molecule has 3 aromatic rings. The summed E-state index contributed by atoms with van der Waals surface area (Å²) in [5.41, 5.74) is 2.08. The Kier molecular flexibility index (Phi) is 7.12. The van der Waals surface area contributed by atoms with E-state index >= 15 is 0 Å². The van der Waals surface area contributed by atoms with E-state index in [4.69, 9.17) is 0 Å². The molecule has 8 nitrogen and oxygen atoms in total. The Balaban J connectivity index is 2.09. The molecule has 0 N–H and O–H groups in total. The average Bonchev–Trinajstić information content (AvgIpc) is 3.35. The highest BCUT2D eigenvalue weighted by Crippen LogP contribution is 2.21. The van der Waals surface area contributed by atoms with Crippen LogP contribution in [0.3, 0.4) is 0 Å². The highest BCUT2D eigenvalue weighted by molar-refractivity contribution is 5.96. The lowest BCUT2D eigenvalue weighted by molar-refractivity contribution is 0.0765. The highest BCUT2D eigenvalue weighted by atomic mass is 16.2. The third-order valence-electron chi connectivity index (χ3n) is 5.17. The Morgan fingerprint density at radius 2 is 1.45 bits per heavy atom. The molecule has 3 heterocycles. The van der Waals surface area contributed by atoms with Gasteiger partial charge in [0.1, 0.15) is 0 Å². The van der Waals surface area contributed by atoms with E-state index in [9.17, 15) is 9.59 Å². The summed E-state index contributed by atoms with van der Waals surface area (Å²) in [6.45, 7) is 10.3. The molecule has 0 aliphatic carbocycles. The van der Waals surface area contributed by atoms with Gasteiger partial charge >= 0.3 is 0 Å². The zero-order valence-electron chi connectivity index (χ0n) is 18.4. The molecule has 3 rings (SSSR count). The second-order valence-corrected chi connectivity index (χ2v) is 6.93. The number of nitrogens with zero attached hydrogens (tertiary/aromatic N) is 6. The maximum absolute atomic E-state index is 13.0. The van der Waals surface area contributed by atoms with Crippen molar-refractivity contribution in [3.05, 3.63) is 60.0 Å². The highest BCUT2D eigenvalue weighted by Gasteiger charge is 2.18. The molecule has 0 fully saturated rings. The first-order valence-electron chi connectivity index (χ1n) is 10.6. The Morgan fingerprint density at radius 3 is 2.03 bits per heavy atom. The summed E-state index contributed by atoms with van der Waals surface area (Å²) in [6.07, 6.45) is 5.02. The van der Waals surface area contributed by atoms with Gasteiger partial charge in [0.2, 0.25) is 0 Å². The topological polar surface area (TPSA) is 84.2 Å². The van der Waals surface area contributed by atoms with Crippen LogP contribution in [0, 0.1) is 0 Å². The second kappa shape index (κ2) is 9.97. The molecule has 8 heteroatoms. The van der Waals surface area contributed by atoms with Crippen molar-refractivity contribution in [3.63, 3.8) is 0 Å². The van der Waals surface area contributed by atoms with Gasteiger partial charge in [-0.05, 0) is 58.0 Å². The molecule has 2 amide bonds. The van der Waals surface area contributed by atoms with E-state index in [-0.39, 0.29) is 11.8 Å². The van der Waals surface area contributed by atoms with Crippen LogP contribution in [0.4, 0.5) is 0 Å². The number of amides is 2. The lowest BCUT2D eigenvalue weighted by atomic mass is 10.1. The number of carbonyl (C=O) groups excluding carboxylic acids is 2. The van der Waals surface area contributed by atoms with Crippen LogP contribution in [0.2, 0.25) is 0 Å². The zero-order valence-corrected chi connectivity index (χ0v) is 18.4. The molecule has 0 radical (unpaired) electrons. The quantitative estimate of drug-likeness (QED) is 0.558. The molecule has 0 spiro atoms. The fraction of sp³-hybridized carbons (Fsp3) is 0.348. The van der Waals surface area contributed by atoms with Gasteiger partial charge in [0.25, 0.3) is 11.8 Å². The fourth-order valence-electron chi connectivity index (χ4n) is 3.38. The molecular formula is C23H28N6O2. The number of hydrogen-bond acceptors (Lipinski definition) is 5. The van der Waals surface area contributed by atoms with Crippen LogP contribution in [0.1, 0.15) is 48.4 Å². The summed E-state index contributed by atoms with van der Waals surface area (Å²) < 4.78 is 1.60. The van der Waals surface area contributed by atoms with Gasteiger partial charge in [-0.15, -0.1) is 0 Å². The Labute approximate surface area is 182 Å². The van der Waals surface area contributed by atoms with Crippen molar-refractivity contribution in [1.82, 2.24) is 29.5 Å². The summed E-state index contributed by atoms with van der Waals surface area (Å²) in [4.78, 5) is 38.4. The van der Waals surface area contributed by atoms with Crippen LogP contribution in [0.15, 0.2) is 48.9 Å². The van der Waals surface area contributed by atoms with Gasteiger partial charge in [-0.2, -0.15) is 5.10 Å². The molecule has 0 saturated carbocycles. The lowest BCUT2D eigenvalue weighted by Gasteiger charge is -2.20. The van der Waals surface area contributed by atoms with Gasteiger partial charge < -0.3 is 9.80 Å². The van der Waals surface area contributed by atoms with Crippen molar-refractivity contribution in [2.24, 2.45) is 0 Å². The van der Waals surface area contributed by atoms with Crippen molar-refractivity contribution >= 4 is 11.8 Å². The van der Waals surface area contributed by atoms with E-state index in [0.29, 0.717) is 54.5 Å². The summed E-state index contributed by atoms with van der Waals surface area (Å²) in [5.74, 6) is 0.369. The maximum atomic E-state index is 13.0. The first kappa shape index (κ1) is 22.1. The number of rotatable bonds is 8. The first-order chi connectivity index (χ1) is 15.0. The van der Waals surface area contributed by atoms with E-state index < -0.39 is 0 Å². The monoisotopic (exact) mass is 420 g/mol.